The summed E-state index contributed by atoms with van der Waals surface area (Å²) in [5.41, 5.74) is 11.3. The molecule has 0 N–H and O–H groups in total. The van der Waals surface area contributed by atoms with Gasteiger partial charge in [-0.15, -0.1) is 0 Å². The average Bonchev–Trinajstić information content (AvgIpc) is 3.70. The Labute approximate surface area is 288 Å². The molecule has 0 unspecified atom stereocenters. The van der Waals surface area contributed by atoms with Crippen molar-refractivity contribution in [1.29, 1.82) is 10.5 Å². The second-order valence-corrected chi connectivity index (χ2v) is 12.3. The smallest absolute Gasteiger partial charge is 0.211 e. The van der Waals surface area contributed by atoms with Gasteiger partial charge in [-0.25, -0.2) is 4.85 Å². The van der Waals surface area contributed by atoms with Crippen LogP contribution in [0.1, 0.15) is 11.1 Å². The zero-order valence-electron chi connectivity index (χ0n) is 26.7. The molecule has 0 atom stereocenters. The van der Waals surface area contributed by atoms with E-state index in [9.17, 15) is 10.5 Å². The normalized spacial score (nSPS) is 11.1. The number of rotatable bonds is 4. The van der Waals surface area contributed by atoms with Gasteiger partial charge in [0.2, 0.25) is 5.69 Å². The first-order chi connectivity index (χ1) is 24.7. The summed E-state index contributed by atoms with van der Waals surface area (Å²) in [7, 11) is 0. The Morgan fingerprint density at radius 3 is 1.68 bits per heavy atom. The molecule has 0 bridgehead atoms. The fraction of sp³-hybridized carbons (Fsp3) is 0. The lowest BCUT2D eigenvalue weighted by Crippen LogP contribution is -1.98. The van der Waals surface area contributed by atoms with E-state index in [-0.39, 0.29) is 0 Å². The van der Waals surface area contributed by atoms with Crippen molar-refractivity contribution >= 4 is 49.3 Å². The predicted octanol–water partition coefficient (Wildman–Crippen LogP) is 11.5. The third-order valence-corrected chi connectivity index (χ3v) is 9.57. The van der Waals surface area contributed by atoms with E-state index in [2.05, 4.69) is 92.8 Å². The predicted molar refractivity (Wildman–Crippen MR) is 202 cm³/mol. The Kier molecular flexibility index (Phi) is 6.56. The van der Waals surface area contributed by atoms with Crippen LogP contribution in [0.2, 0.25) is 0 Å². The molecule has 7 aromatic carbocycles. The molecule has 2 heterocycles. The first kappa shape index (κ1) is 28.8. The molecule has 9 rings (SSSR count). The highest BCUT2D eigenvalue weighted by Gasteiger charge is 2.20. The van der Waals surface area contributed by atoms with Gasteiger partial charge in [-0.2, -0.15) is 10.5 Å². The molecule has 0 fully saturated rings. The largest absolute Gasteiger partial charge is 0.318 e. The molecule has 50 heavy (non-hydrogen) atoms. The average molecular weight is 636 g/mol. The van der Waals surface area contributed by atoms with Crippen molar-refractivity contribution in [3.63, 3.8) is 0 Å². The molecule has 9 aromatic rings. The van der Waals surface area contributed by atoms with Crippen LogP contribution >= 0.6 is 0 Å². The molecule has 0 amide bonds. The molecule has 0 aliphatic heterocycles. The highest BCUT2D eigenvalue weighted by atomic mass is 15.0. The first-order valence-electron chi connectivity index (χ1n) is 16.3. The first-order valence-corrected chi connectivity index (χ1v) is 16.3. The van der Waals surface area contributed by atoms with Crippen molar-refractivity contribution in [3.8, 4) is 45.8 Å². The lowest BCUT2D eigenvalue weighted by Gasteiger charge is -2.17. The summed E-state index contributed by atoms with van der Waals surface area (Å²) in [4.78, 5) is 3.98. The quantitative estimate of drug-likeness (QED) is 0.181. The Hall–Kier alpha value is -7.39. The lowest BCUT2D eigenvalue weighted by atomic mass is 9.94. The van der Waals surface area contributed by atoms with Gasteiger partial charge in [0, 0.05) is 27.2 Å². The Balaban J connectivity index is 1.21. The van der Waals surface area contributed by atoms with Crippen LogP contribution in [0, 0.1) is 29.2 Å². The minimum Gasteiger partial charge on any atom is -0.318 e. The maximum Gasteiger partial charge on any atom is 0.211 e. The topological polar surface area (TPSA) is 61.8 Å². The van der Waals surface area contributed by atoms with Crippen LogP contribution in [0.25, 0.3) is 82.1 Å². The Bertz CT molecular complexity index is 2900. The van der Waals surface area contributed by atoms with Crippen LogP contribution in [0.5, 0.6) is 0 Å². The lowest BCUT2D eigenvalue weighted by molar-refractivity contribution is 1.18. The Morgan fingerprint density at radius 2 is 1.04 bits per heavy atom. The van der Waals surface area contributed by atoms with Crippen LogP contribution < -0.4 is 0 Å². The van der Waals surface area contributed by atoms with Crippen LogP contribution in [0.3, 0.4) is 0 Å². The molecule has 0 aliphatic carbocycles. The third kappa shape index (κ3) is 4.38. The molecular formula is C45H25N5. The van der Waals surface area contributed by atoms with Crippen LogP contribution in [0.15, 0.2) is 152 Å². The monoisotopic (exact) mass is 635 g/mol. The molecule has 0 radical (unpaired) electrons. The molecule has 0 aliphatic rings. The van der Waals surface area contributed by atoms with E-state index >= 15 is 0 Å². The van der Waals surface area contributed by atoms with Gasteiger partial charge in [0.1, 0.15) is 0 Å². The second kappa shape index (κ2) is 11.4. The molecule has 0 saturated carbocycles. The number of hydrogen-bond acceptors (Lipinski definition) is 2. The van der Waals surface area contributed by atoms with Gasteiger partial charge in [-0.05, 0) is 89.0 Å². The third-order valence-electron chi connectivity index (χ3n) is 9.57. The van der Waals surface area contributed by atoms with Gasteiger partial charge in [0.05, 0.1) is 57.6 Å². The maximum absolute atomic E-state index is 10.2. The van der Waals surface area contributed by atoms with E-state index in [1.165, 1.54) is 0 Å². The number of benzene rings is 7. The SMILES string of the molecule is [C-]#[N+]c1cccc(-c2cc(C#N)cc(-c3ccc(-n4c5ccccc5c5cc(C#N)ccc54)cc3)c2)c1-n1c2ccccc2c2ccccc21. The zero-order valence-corrected chi connectivity index (χ0v) is 26.7. The molecular weight excluding hydrogens is 611 g/mol. The second-order valence-electron chi connectivity index (χ2n) is 12.3. The standard InChI is InChI=1S/C45H25N5/c1-48-40-13-8-12-35(45(40)50-42-15-6-2-9-36(42)37-10-3-7-16-43(37)50)33-24-30(28-47)23-32(26-33)31-18-20-34(21-19-31)49-41-14-5-4-11-38(41)39-25-29(27-46)17-22-44(39)49/h2-26H. The van der Waals surface area contributed by atoms with Crippen molar-refractivity contribution in [2.24, 2.45) is 0 Å². The van der Waals surface area contributed by atoms with Gasteiger partial charge in [0.25, 0.3) is 0 Å². The van der Waals surface area contributed by atoms with E-state index < -0.39 is 0 Å². The number of fused-ring (bicyclic) bond motifs is 6. The van der Waals surface area contributed by atoms with Crippen molar-refractivity contribution in [1.82, 2.24) is 9.13 Å². The van der Waals surface area contributed by atoms with E-state index in [1.54, 1.807) is 0 Å². The Morgan fingerprint density at radius 1 is 0.460 bits per heavy atom. The molecule has 230 valence electrons. The summed E-state index contributed by atoms with van der Waals surface area (Å²) in [6, 6.07) is 55.4. The summed E-state index contributed by atoms with van der Waals surface area (Å²) in [5, 5.41) is 24.1. The van der Waals surface area contributed by atoms with Crippen molar-refractivity contribution in [3.05, 3.63) is 174 Å². The highest BCUT2D eigenvalue weighted by Crippen LogP contribution is 2.42. The number of hydrogen-bond donors (Lipinski definition) is 0. The van der Waals surface area contributed by atoms with Crippen LogP contribution in [-0.2, 0) is 0 Å². The summed E-state index contributed by atoms with van der Waals surface area (Å²) >= 11 is 0. The number of nitrogens with zero attached hydrogens (tertiary/aromatic N) is 5. The molecule has 0 saturated heterocycles. The van der Waals surface area contributed by atoms with Gasteiger partial charge in [-0.3, -0.25) is 0 Å². The highest BCUT2D eigenvalue weighted by molar-refractivity contribution is 6.11. The van der Waals surface area contributed by atoms with E-state index in [4.69, 9.17) is 6.57 Å². The number of nitriles is 2. The van der Waals surface area contributed by atoms with E-state index in [0.717, 1.165) is 77.2 Å². The van der Waals surface area contributed by atoms with E-state index in [0.29, 0.717) is 16.8 Å². The zero-order chi connectivity index (χ0) is 33.8. The number of aromatic nitrogens is 2. The fourth-order valence-corrected chi connectivity index (χ4v) is 7.39. The summed E-state index contributed by atoms with van der Waals surface area (Å²) < 4.78 is 4.41. The van der Waals surface area contributed by atoms with Crippen LogP contribution in [0.4, 0.5) is 5.69 Å². The van der Waals surface area contributed by atoms with Gasteiger partial charge in [-0.1, -0.05) is 84.9 Å². The number of para-hydroxylation sites is 4. The van der Waals surface area contributed by atoms with Crippen LogP contribution in [-0.4, -0.2) is 9.13 Å². The van der Waals surface area contributed by atoms with Crippen molar-refractivity contribution in [2.75, 3.05) is 0 Å². The van der Waals surface area contributed by atoms with Gasteiger partial charge >= 0.3 is 0 Å². The van der Waals surface area contributed by atoms with Crippen molar-refractivity contribution < 1.29 is 0 Å². The van der Waals surface area contributed by atoms with Gasteiger partial charge < -0.3 is 9.13 Å². The minimum atomic E-state index is 0.537. The summed E-state index contributed by atoms with van der Waals surface area (Å²) in [6.07, 6.45) is 0. The van der Waals surface area contributed by atoms with Gasteiger partial charge in [0.15, 0.2) is 0 Å². The fourth-order valence-electron chi connectivity index (χ4n) is 7.39. The molecule has 5 nitrogen and oxygen atoms in total. The van der Waals surface area contributed by atoms with Crippen molar-refractivity contribution in [2.45, 2.75) is 0 Å². The van der Waals surface area contributed by atoms with E-state index in [1.807, 2.05) is 84.9 Å². The molecule has 2 aromatic heterocycles. The molecule has 0 spiro atoms. The summed E-state index contributed by atoms with van der Waals surface area (Å²) in [5.74, 6) is 0. The summed E-state index contributed by atoms with van der Waals surface area (Å²) in [6.45, 7) is 8.16. The minimum absolute atomic E-state index is 0.537. The maximum atomic E-state index is 10.2. The molecule has 5 heteroatoms.